The van der Waals surface area contributed by atoms with E-state index in [9.17, 15) is 8.60 Å². The lowest BCUT2D eigenvalue weighted by Gasteiger charge is -2.14. The Labute approximate surface area is 239 Å². The Hall–Kier alpha value is -3.79. The van der Waals surface area contributed by atoms with Crippen LogP contribution in [-0.2, 0) is 17.4 Å². The van der Waals surface area contributed by atoms with Crippen LogP contribution in [0.3, 0.4) is 0 Å². The van der Waals surface area contributed by atoms with Gasteiger partial charge in [0.25, 0.3) is 0 Å². The number of hydrogen-bond acceptors (Lipinski definition) is 7. The molecular weight excluding hydrogens is 551 g/mol. The van der Waals surface area contributed by atoms with Crippen molar-refractivity contribution in [2.24, 2.45) is 0 Å². The number of benzene rings is 3. The molecule has 0 amide bonds. The summed E-state index contributed by atoms with van der Waals surface area (Å²) in [6, 6.07) is 21.1. The minimum absolute atomic E-state index is 0.129. The summed E-state index contributed by atoms with van der Waals surface area (Å²) in [4.78, 5) is 8.86. The first-order valence-corrected chi connectivity index (χ1v) is 14.8. The van der Waals surface area contributed by atoms with Crippen LogP contribution in [0.25, 0.3) is 22.2 Å². The van der Waals surface area contributed by atoms with Gasteiger partial charge in [0.05, 0.1) is 16.6 Å². The highest BCUT2D eigenvalue weighted by molar-refractivity contribution is 7.84. The summed E-state index contributed by atoms with van der Waals surface area (Å²) in [6.45, 7) is 2.95. The third-order valence-corrected chi connectivity index (χ3v) is 7.32. The molecule has 0 aliphatic carbocycles. The largest absolute Gasteiger partial charge is 0.487 e. The van der Waals surface area contributed by atoms with E-state index in [2.05, 4.69) is 20.6 Å². The van der Waals surface area contributed by atoms with Crippen molar-refractivity contribution < 1.29 is 17.8 Å². The first-order valence-electron chi connectivity index (χ1n) is 12.7. The molecule has 0 radical (unpaired) electrons. The molecule has 0 spiro atoms. The Bertz CT molecular complexity index is 1660. The predicted octanol–water partition coefficient (Wildman–Crippen LogP) is 7.03. The lowest BCUT2D eigenvalue weighted by molar-refractivity contribution is 0.306. The Morgan fingerprint density at radius 1 is 1.07 bits per heavy atom. The molecule has 7 nitrogen and oxygen atoms in total. The van der Waals surface area contributed by atoms with Crippen LogP contribution in [0.5, 0.6) is 5.75 Å². The zero-order valence-corrected chi connectivity index (χ0v) is 23.6. The standard InChI is InChI=1S/C30H28ClFN4O3S/c1-3-33-26(17-40(2)37)29-12-11-27(39-29)20-7-9-25-23(14-20)30(35-18-34-25)36-22-8-10-28(24(31)15-22)38-16-19-5-4-6-21(32)13-19/h4-15,18,26,33H,3,16-17H2,1-2H3,(H,34,35,36)/t26?,40-/m0/s1. The second-order valence-electron chi connectivity index (χ2n) is 9.20. The van der Waals surface area contributed by atoms with Crippen LogP contribution in [0.15, 0.2) is 83.5 Å². The molecule has 10 heteroatoms. The summed E-state index contributed by atoms with van der Waals surface area (Å²) < 4.78 is 37.2. The van der Waals surface area contributed by atoms with Crippen molar-refractivity contribution >= 4 is 44.8 Å². The Kier molecular flexibility index (Phi) is 8.74. The summed E-state index contributed by atoms with van der Waals surface area (Å²) >= 11 is 6.49. The maximum absolute atomic E-state index is 13.4. The van der Waals surface area contributed by atoms with Crippen molar-refractivity contribution in [1.82, 2.24) is 15.3 Å². The van der Waals surface area contributed by atoms with Gasteiger partial charge in [-0.15, -0.1) is 0 Å². The van der Waals surface area contributed by atoms with Crippen LogP contribution in [0.4, 0.5) is 15.9 Å². The van der Waals surface area contributed by atoms with Gasteiger partial charge in [0.1, 0.15) is 41.8 Å². The molecule has 0 aliphatic heterocycles. The highest BCUT2D eigenvalue weighted by Gasteiger charge is 2.17. The Morgan fingerprint density at radius 2 is 1.95 bits per heavy atom. The van der Waals surface area contributed by atoms with Crippen LogP contribution < -0.4 is 15.4 Å². The number of nitrogens with one attached hydrogen (secondary N) is 2. The second kappa shape index (κ2) is 12.6. The third kappa shape index (κ3) is 6.67. The fourth-order valence-corrected chi connectivity index (χ4v) is 5.33. The van der Waals surface area contributed by atoms with Crippen molar-refractivity contribution in [3.8, 4) is 17.1 Å². The van der Waals surface area contributed by atoms with Gasteiger partial charge in [-0.2, -0.15) is 0 Å². The normalized spacial score (nSPS) is 12.8. The van der Waals surface area contributed by atoms with E-state index in [1.54, 1.807) is 30.5 Å². The lowest BCUT2D eigenvalue weighted by Crippen LogP contribution is -2.25. The zero-order valence-electron chi connectivity index (χ0n) is 22.0. The minimum atomic E-state index is -0.967. The van der Waals surface area contributed by atoms with Crippen molar-refractivity contribution in [3.05, 3.63) is 101 Å². The molecule has 5 rings (SSSR count). The van der Waals surface area contributed by atoms with Gasteiger partial charge in [-0.05, 0) is 72.8 Å². The Balaban J connectivity index is 1.36. The molecule has 5 aromatic rings. The number of halogens is 2. The van der Waals surface area contributed by atoms with Gasteiger partial charge in [-0.3, -0.25) is 4.21 Å². The van der Waals surface area contributed by atoms with E-state index in [1.165, 1.54) is 18.5 Å². The number of ether oxygens (including phenoxy) is 1. The highest BCUT2D eigenvalue weighted by Crippen LogP contribution is 2.33. The van der Waals surface area contributed by atoms with Gasteiger partial charge < -0.3 is 19.8 Å². The number of hydrogen-bond donors (Lipinski definition) is 2. The average molecular weight is 579 g/mol. The molecule has 2 N–H and O–H groups in total. The topological polar surface area (TPSA) is 89.3 Å². The van der Waals surface area contributed by atoms with Crippen LogP contribution in [0.1, 0.15) is 24.3 Å². The van der Waals surface area contributed by atoms with E-state index in [0.29, 0.717) is 33.7 Å². The number of aromatic nitrogens is 2. The fraction of sp³-hybridized carbons (Fsp3) is 0.200. The zero-order chi connectivity index (χ0) is 28.1. The third-order valence-electron chi connectivity index (χ3n) is 6.22. The van der Waals surface area contributed by atoms with Crippen molar-refractivity contribution in [2.45, 2.75) is 19.6 Å². The molecular formula is C30H28ClFN4O3S. The lowest BCUT2D eigenvalue weighted by atomic mass is 10.1. The van der Waals surface area contributed by atoms with Crippen molar-refractivity contribution in [2.75, 3.05) is 23.9 Å². The molecule has 3 aromatic carbocycles. The fourth-order valence-electron chi connectivity index (χ4n) is 4.35. The van der Waals surface area contributed by atoms with Gasteiger partial charge in [0.15, 0.2) is 0 Å². The van der Waals surface area contributed by atoms with E-state index < -0.39 is 10.8 Å². The predicted molar refractivity (Wildman–Crippen MR) is 158 cm³/mol. The minimum Gasteiger partial charge on any atom is -0.487 e. The summed E-state index contributed by atoms with van der Waals surface area (Å²) in [6.07, 6.45) is 3.19. The summed E-state index contributed by atoms with van der Waals surface area (Å²) in [7, 11) is -0.967. The van der Waals surface area contributed by atoms with Gasteiger partial charge in [-0.25, -0.2) is 14.4 Å². The van der Waals surface area contributed by atoms with E-state index in [-0.39, 0.29) is 18.5 Å². The molecule has 0 bridgehead atoms. The molecule has 206 valence electrons. The number of anilines is 2. The van der Waals surface area contributed by atoms with Gasteiger partial charge in [0.2, 0.25) is 0 Å². The number of furan rings is 1. The van der Waals surface area contributed by atoms with E-state index >= 15 is 0 Å². The molecule has 40 heavy (non-hydrogen) atoms. The van der Waals surface area contributed by atoms with E-state index in [1.807, 2.05) is 43.3 Å². The highest BCUT2D eigenvalue weighted by atomic mass is 35.5. The second-order valence-corrected chi connectivity index (χ2v) is 11.1. The van der Waals surface area contributed by atoms with Crippen LogP contribution in [0.2, 0.25) is 5.02 Å². The van der Waals surface area contributed by atoms with Gasteiger partial charge in [0, 0.05) is 39.4 Å². The van der Waals surface area contributed by atoms with E-state index in [0.717, 1.165) is 34.5 Å². The molecule has 2 aromatic heterocycles. The first kappa shape index (κ1) is 27.8. The number of fused-ring (bicyclic) bond motifs is 1. The molecule has 0 saturated carbocycles. The molecule has 0 saturated heterocycles. The average Bonchev–Trinajstić information content (AvgIpc) is 3.43. The van der Waals surface area contributed by atoms with Crippen molar-refractivity contribution in [1.29, 1.82) is 0 Å². The van der Waals surface area contributed by atoms with Gasteiger partial charge in [-0.1, -0.05) is 30.7 Å². The summed E-state index contributed by atoms with van der Waals surface area (Å²) in [5.41, 5.74) is 3.06. The van der Waals surface area contributed by atoms with Crippen molar-refractivity contribution in [3.63, 3.8) is 0 Å². The first-order chi connectivity index (χ1) is 19.4. The Morgan fingerprint density at radius 3 is 2.73 bits per heavy atom. The van der Waals surface area contributed by atoms with Crippen LogP contribution in [0, 0.1) is 5.82 Å². The molecule has 0 fully saturated rings. The SMILES string of the molecule is CCNC(C[S@](C)=O)c1ccc(-c2ccc3ncnc(Nc4ccc(OCc5cccc(F)c5)c(Cl)c4)c3c2)o1. The smallest absolute Gasteiger partial charge is 0.141 e. The molecule has 2 atom stereocenters. The van der Waals surface area contributed by atoms with E-state index in [4.69, 9.17) is 20.8 Å². The maximum atomic E-state index is 13.4. The molecule has 0 aliphatic rings. The van der Waals surface area contributed by atoms with Gasteiger partial charge >= 0.3 is 0 Å². The maximum Gasteiger partial charge on any atom is 0.141 e. The monoisotopic (exact) mass is 578 g/mol. The number of nitrogens with zero attached hydrogens (tertiary/aromatic N) is 2. The van der Waals surface area contributed by atoms with Crippen LogP contribution in [-0.4, -0.2) is 32.7 Å². The van der Waals surface area contributed by atoms with Crippen LogP contribution >= 0.6 is 11.6 Å². The quantitative estimate of drug-likeness (QED) is 0.174. The molecule has 1 unspecified atom stereocenters. The molecule has 2 heterocycles. The summed E-state index contributed by atoms with van der Waals surface area (Å²) in [5.74, 6) is 2.69. The number of rotatable bonds is 11. The summed E-state index contributed by atoms with van der Waals surface area (Å²) in [5, 5.41) is 7.87.